The number of aromatic amines is 1. The second kappa shape index (κ2) is 35.5. The standard InChI is InChI=1S/C22H19ClN2O5.2C4H8O.C3H8.C2H5I.C2H7N.C2H6.3CH4/c1-28-22(27)16-9-14-13-4-2-3-5-15(13)24-20(14)21(25(16)19(26)10-23)12-6-7-17-18(8-12)30-11-29-17;2*1-3-4(2)5;1-3-2;2*1-2-3;1-2;;;/h2-8,16,21,24H,9-11H2,1H3;2*3H2,1-2H3;3H2,1-2H3;2H2,1H3;2-3H2,1H3;1-2H3;3*1H4/t16-,21+;;;;;;;;;/m0........./s1. The van der Waals surface area contributed by atoms with Crippen LogP contribution in [0.5, 0.6) is 11.5 Å². The average Bonchev–Trinajstić information content (AvgIpc) is 3.76. The Kier molecular flexibility index (Phi) is 39.6. The monoisotopic (exact) mass is 893 g/mol. The van der Waals surface area contributed by atoms with E-state index in [4.69, 9.17) is 31.5 Å². The SMILES string of the molecule is C.C.C.CC.CCC.CCC(C)=O.CCC(C)=O.CCI.CCN.COC(=O)[C@@H]1Cc2c([nH]c3ccccc23)[C@@H](c2ccc3c(c2)OCO3)N1C(=O)CCl. The smallest absolute Gasteiger partial charge is 0.328 e. The summed E-state index contributed by atoms with van der Waals surface area (Å²) in [6.45, 7) is 20.0. The average molecular weight is 894 g/mol. The van der Waals surface area contributed by atoms with Crippen molar-refractivity contribution in [2.24, 2.45) is 5.73 Å². The summed E-state index contributed by atoms with van der Waals surface area (Å²) in [6.07, 6.45) is 2.93. The Labute approximate surface area is 346 Å². The van der Waals surface area contributed by atoms with Crippen LogP contribution in [0.15, 0.2) is 42.5 Å². The molecule has 54 heavy (non-hydrogen) atoms. The van der Waals surface area contributed by atoms with Crippen molar-refractivity contribution in [1.82, 2.24) is 9.88 Å². The minimum absolute atomic E-state index is 0. The van der Waals surface area contributed by atoms with Crippen LogP contribution in [-0.2, 0) is 30.3 Å². The van der Waals surface area contributed by atoms with E-state index in [2.05, 4.69) is 48.3 Å². The van der Waals surface area contributed by atoms with Gasteiger partial charge >= 0.3 is 5.97 Å². The molecule has 0 fully saturated rings. The number of benzene rings is 2. The van der Waals surface area contributed by atoms with Crippen molar-refractivity contribution in [2.75, 3.05) is 30.8 Å². The number of methoxy groups -OCH3 is 1. The van der Waals surface area contributed by atoms with E-state index >= 15 is 0 Å². The van der Waals surface area contributed by atoms with Gasteiger partial charge in [0, 0.05) is 35.9 Å². The molecule has 2 atom stereocenters. The van der Waals surface area contributed by atoms with E-state index in [1.54, 1.807) is 13.8 Å². The van der Waals surface area contributed by atoms with Crippen molar-refractivity contribution < 1.29 is 33.4 Å². The van der Waals surface area contributed by atoms with Crippen molar-refractivity contribution in [3.8, 4) is 11.5 Å². The number of Topliss-reactive ketones (excluding diaryl/α,β-unsaturated/α-hetero) is 2. The van der Waals surface area contributed by atoms with E-state index in [0.29, 0.717) is 30.8 Å². The molecule has 312 valence electrons. The number of nitrogens with one attached hydrogen (secondary N) is 1. The molecular formula is C42H73ClIN3O7. The fraction of sp³-hybridized carbons (Fsp3) is 0.571. The van der Waals surface area contributed by atoms with E-state index in [1.165, 1.54) is 22.9 Å². The lowest BCUT2D eigenvalue weighted by atomic mass is 9.87. The third-order valence-electron chi connectivity index (χ3n) is 6.72. The first kappa shape index (κ1) is 60.1. The van der Waals surface area contributed by atoms with Crippen LogP contribution in [0.2, 0.25) is 0 Å². The minimum atomic E-state index is -0.789. The maximum absolute atomic E-state index is 13.0. The summed E-state index contributed by atoms with van der Waals surface area (Å²) in [4.78, 5) is 50.3. The predicted octanol–water partition coefficient (Wildman–Crippen LogP) is 10.9. The van der Waals surface area contributed by atoms with E-state index in [9.17, 15) is 19.2 Å². The zero-order valence-corrected chi connectivity index (χ0v) is 35.4. The highest BCUT2D eigenvalue weighted by molar-refractivity contribution is 14.1. The maximum atomic E-state index is 13.0. The number of esters is 1. The number of nitrogens with zero attached hydrogens (tertiary/aromatic N) is 1. The normalized spacial score (nSPS) is 13.4. The number of carbonyl (C=O) groups excluding carboxylic acids is 4. The van der Waals surface area contributed by atoms with Gasteiger partial charge in [-0.05, 0) is 54.1 Å². The van der Waals surface area contributed by atoms with Gasteiger partial charge < -0.3 is 39.4 Å². The fourth-order valence-corrected chi connectivity index (χ4v) is 4.55. The number of aromatic nitrogens is 1. The number of hydrogen-bond donors (Lipinski definition) is 2. The van der Waals surface area contributed by atoms with Crippen LogP contribution in [0.3, 0.4) is 0 Å². The second-order valence-electron chi connectivity index (χ2n) is 10.7. The Morgan fingerprint density at radius 2 is 1.37 bits per heavy atom. The Balaban J connectivity index is -0.000000280. The quantitative estimate of drug-likeness (QED) is 0.147. The third kappa shape index (κ3) is 20.0. The summed E-state index contributed by atoms with van der Waals surface area (Å²) in [7, 11) is 1.33. The molecule has 3 N–H and O–H groups in total. The predicted molar refractivity (Wildman–Crippen MR) is 239 cm³/mol. The number of ether oxygens (including phenoxy) is 3. The van der Waals surface area contributed by atoms with Gasteiger partial charge in [-0.2, -0.15) is 0 Å². The van der Waals surface area contributed by atoms with Gasteiger partial charge in [0.25, 0.3) is 0 Å². The Bertz CT molecular complexity index is 1430. The van der Waals surface area contributed by atoms with Crippen LogP contribution in [0.25, 0.3) is 10.9 Å². The summed E-state index contributed by atoms with van der Waals surface area (Å²) in [5.41, 5.74) is 8.42. The first-order valence-corrected chi connectivity index (χ1v) is 19.7. The number of carbonyl (C=O) groups is 4. The van der Waals surface area contributed by atoms with E-state index in [1.807, 2.05) is 77.1 Å². The van der Waals surface area contributed by atoms with Gasteiger partial charge in [0.05, 0.1) is 13.2 Å². The van der Waals surface area contributed by atoms with Crippen molar-refractivity contribution in [3.05, 3.63) is 59.3 Å². The van der Waals surface area contributed by atoms with Gasteiger partial charge in [0.1, 0.15) is 23.5 Å². The first-order chi connectivity index (χ1) is 24.4. The number of amides is 1. The summed E-state index contributed by atoms with van der Waals surface area (Å²) in [5.74, 6) is 0.684. The fourth-order valence-electron chi connectivity index (χ4n) is 4.42. The molecule has 10 nitrogen and oxygen atoms in total. The molecule has 2 aromatic carbocycles. The summed E-state index contributed by atoms with van der Waals surface area (Å²) in [5, 5.41) is 1.02. The lowest BCUT2D eigenvalue weighted by molar-refractivity contribution is -0.154. The minimum Gasteiger partial charge on any atom is -0.467 e. The van der Waals surface area contributed by atoms with Gasteiger partial charge in [-0.25, -0.2) is 4.79 Å². The van der Waals surface area contributed by atoms with Crippen LogP contribution in [-0.4, -0.2) is 70.1 Å². The van der Waals surface area contributed by atoms with E-state index in [0.717, 1.165) is 34.3 Å². The molecule has 2 aliphatic rings. The van der Waals surface area contributed by atoms with Crippen LogP contribution < -0.4 is 15.2 Å². The van der Waals surface area contributed by atoms with E-state index < -0.39 is 18.1 Å². The van der Waals surface area contributed by atoms with Gasteiger partial charge in [0.15, 0.2) is 11.5 Å². The highest BCUT2D eigenvalue weighted by atomic mass is 127. The Morgan fingerprint density at radius 3 is 1.81 bits per heavy atom. The number of hydrogen-bond acceptors (Lipinski definition) is 8. The summed E-state index contributed by atoms with van der Waals surface area (Å²) < 4.78 is 17.2. The molecule has 0 saturated carbocycles. The molecule has 1 aromatic heterocycles. The molecule has 0 bridgehead atoms. The molecule has 3 heterocycles. The number of alkyl halides is 2. The number of fused-ring (bicyclic) bond motifs is 4. The largest absolute Gasteiger partial charge is 0.467 e. The van der Waals surface area contributed by atoms with Gasteiger partial charge in [0.2, 0.25) is 12.7 Å². The number of rotatable bonds is 5. The Morgan fingerprint density at radius 1 is 0.907 bits per heavy atom. The lowest BCUT2D eigenvalue weighted by Gasteiger charge is -2.40. The highest BCUT2D eigenvalue weighted by Gasteiger charge is 2.44. The summed E-state index contributed by atoms with van der Waals surface area (Å²) in [6, 6.07) is 12.1. The van der Waals surface area contributed by atoms with Gasteiger partial charge in [-0.15, -0.1) is 11.6 Å². The molecule has 12 heteroatoms. The van der Waals surface area contributed by atoms with Crippen molar-refractivity contribution >= 4 is 68.5 Å². The van der Waals surface area contributed by atoms with Crippen LogP contribution in [0.1, 0.15) is 134 Å². The molecule has 2 aliphatic heterocycles. The molecule has 1 amide bonds. The molecule has 0 saturated heterocycles. The third-order valence-corrected chi connectivity index (χ3v) is 6.94. The molecule has 0 spiro atoms. The van der Waals surface area contributed by atoms with Crippen molar-refractivity contribution in [3.63, 3.8) is 0 Å². The van der Waals surface area contributed by atoms with Crippen LogP contribution in [0, 0.1) is 0 Å². The van der Waals surface area contributed by atoms with Crippen LogP contribution >= 0.6 is 34.2 Å². The van der Waals surface area contributed by atoms with Gasteiger partial charge in [-0.3, -0.25) is 4.79 Å². The molecule has 5 rings (SSSR count). The first-order valence-electron chi connectivity index (χ1n) is 17.6. The van der Waals surface area contributed by atoms with Crippen molar-refractivity contribution in [1.29, 1.82) is 0 Å². The zero-order valence-electron chi connectivity index (χ0n) is 32.5. The molecular weight excluding hydrogens is 821 g/mol. The zero-order chi connectivity index (χ0) is 39.5. The molecule has 0 radical (unpaired) electrons. The number of nitrogens with two attached hydrogens (primary N) is 1. The topological polar surface area (TPSA) is 141 Å². The number of para-hydroxylation sites is 1. The molecule has 0 aliphatic carbocycles. The number of H-pyrrole nitrogens is 1. The Hall–Kier alpha value is -3.16. The lowest BCUT2D eigenvalue weighted by Crippen LogP contribution is -2.52. The van der Waals surface area contributed by atoms with Crippen LogP contribution in [0.4, 0.5) is 0 Å². The van der Waals surface area contributed by atoms with E-state index in [-0.39, 0.29) is 52.4 Å². The molecule has 0 unspecified atom stereocenters. The van der Waals surface area contributed by atoms with Crippen molar-refractivity contribution in [2.45, 2.75) is 129 Å². The summed E-state index contributed by atoms with van der Waals surface area (Å²) >= 11 is 8.24. The van der Waals surface area contributed by atoms with Gasteiger partial charge in [-0.1, -0.05) is 131 Å². The number of ketones is 2. The second-order valence-corrected chi connectivity index (χ2v) is 12.5. The maximum Gasteiger partial charge on any atom is 0.328 e. The molecule has 3 aromatic rings. The highest BCUT2D eigenvalue weighted by Crippen LogP contribution is 2.44. The number of halogens is 2.